The van der Waals surface area contributed by atoms with Crippen LogP contribution in [-0.4, -0.2) is 47.9 Å². The highest BCUT2D eigenvalue weighted by molar-refractivity contribution is 6.04. The van der Waals surface area contributed by atoms with Crippen LogP contribution in [0.5, 0.6) is 0 Å². The lowest BCUT2D eigenvalue weighted by Crippen LogP contribution is -2.35. The first-order chi connectivity index (χ1) is 14.3. The Labute approximate surface area is 174 Å². The molecule has 30 heavy (non-hydrogen) atoms. The molecule has 0 atom stereocenters. The van der Waals surface area contributed by atoms with Crippen molar-refractivity contribution in [2.45, 2.75) is 26.7 Å². The van der Waals surface area contributed by atoms with Gasteiger partial charge in [0, 0.05) is 38.7 Å². The Morgan fingerprint density at radius 2 is 1.90 bits per heavy atom. The Morgan fingerprint density at radius 3 is 2.57 bits per heavy atom. The molecule has 1 saturated heterocycles. The second-order valence-electron chi connectivity index (χ2n) is 7.80. The number of carbonyl (C=O) groups is 2. The minimum absolute atomic E-state index is 0.186. The van der Waals surface area contributed by atoms with Gasteiger partial charge in [-0.25, -0.2) is 13.8 Å². The van der Waals surface area contributed by atoms with Crippen LogP contribution >= 0.6 is 0 Å². The number of anilines is 2. The second kappa shape index (κ2) is 9.65. The van der Waals surface area contributed by atoms with Crippen LogP contribution in [0.25, 0.3) is 0 Å². The van der Waals surface area contributed by atoms with Gasteiger partial charge < -0.3 is 15.1 Å². The van der Waals surface area contributed by atoms with Gasteiger partial charge in [0.05, 0.1) is 17.4 Å². The molecule has 1 aliphatic heterocycles. The third-order valence-electron chi connectivity index (χ3n) is 4.94. The van der Waals surface area contributed by atoms with E-state index in [1.807, 2.05) is 18.7 Å². The molecule has 2 heterocycles. The van der Waals surface area contributed by atoms with Gasteiger partial charge in [-0.05, 0) is 36.6 Å². The molecule has 0 unspecified atom stereocenters. The van der Waals surface area contributed by atoms with Crippen molar-refractivity contribution in [3.63, 3.8) is 0 Å². The number of carbonyl (C=O) groups excluding carboxylic acids is 2. The van der Waals surface area contributed by atoms with Crippen molar-refractivity contribution in [3.8, 4) is 0 Å². The van der Waals surface area contributed by atoms with Crippen LogP contribution in [0.2, 0.25) is 0 Å². The second-order valence-corrected chi connectivity index (χ2v) is 7.80. The summed E-state index contributed by atoms with van der Waals surface area (Å²) in [5.74, 6) is -1.05. The smallest absolute Gasteiger partial charge is 0.258 e. The van der Waals surface area contributed by atoms with Gasteiger partial charge in [0.15, 0.2) is 0 Å². The number of rotatable bonds is 5. The van der Waals surface area contributed by atoms with Crippen molar-refractivity contribution in [1.82, 2.24) is 9.88 Å². The Bertz CT molecular complexity index is 903. The molecule has 1 aromatic carbocycles. The molecule has 0 saturated carbocycles. The van der Waals surface area contributed by atoms with Gasteiger partial charge in [0.25, 0.3) is 5.91 Å². The number of hydrogen-bond donors (Lipinski definition) is 1. The van der Waals surface area contributed by atoms with E-state index in [0.717, 1.165) is 37.5 Å². The Hall–Kier alpha value is -3.03. The zero-order chi connectivity index (χ0) is 21.7. The monoisotopic (exact) mass is 416 g/mol. The molecule has 0 aliphatic carbocycles. The summed E-state index contributed by atoms with van der Waals surface area (Å²) in [6.07, 6.45) is 2.91. The van der Waals surface area contributed by atoms with E-state index in [0.29, 0.717) is 37.2 Å². The maximum absolute atomic E-state index is 13.8. The van der Waals surface area contributed by atoms with Crippen molar-refractivity contribution in [2.75, 3.05) is 36.4 Å². The van der Waals surface area contributed by atoms with Gasteiger partial charge in [-0.2, -0.15) is 0 Å². The van der Waals surface area contributed by atoms with Crippen molar-refractivity contribution in [1.29, 1.82) is 0 Å². The van der Waals surface area contributed by atoms with E-state index in [4.69, 9.17) is 0 Å². The van der Waals surface area contributed by atoms with E-state index in [9.17, 15) is 18.4 Å². The molecule has 3 rings (SSSR count). The van der Waals surface area contributed by atoms with Crippen LogP contribution in [0, 0.1) is 17.6 Å². The van der Waals surface area contributed by atoms with Crippen LogP contribution in [0.1, 0.15) is 37.0 Å². The average Bonchev–Trinajstić information content (AvgIpc) is 2.94. The van der Waals surface area contributed by atoms with Crippen LogP contribution in [0.15, 0.2) is 36.5 Å². The highest BCUT2D eigenvalue weighted by Crippen LogP contribution is 2.18. The molecule has 160 valence electrons. The molecule has 0 radical (unpaired) electrons. The summed E-state index contributed by atoms with van der Waals surface area (Å²) in [5, 5.41) is 2.57. The van der Waals surface area contributed by atoms with E-state index < -0.39 is 17.5 Å². The first-order valence-electron chi connectivity index (χ1n) is 10.1. The minimum Gasteiger partial charge on any atom is -0.355 e. The number of pyridine rings is 1. The molecule has 2 aromatic rings. The quantitative estimate of drug-likeness (QED) is 0.807. The molecule has 0 spiro atoms. The normalized spacial score (nSPS) is 14.6. The van der Waals surface area contributed by atoms with Crippen LogP contribution < -0.4 is 10.2 Å². The Morgan fingerprint density at radius 1 is 1.10 bits per heavy atom. The standard InChI is InChI=1S/C22H26F2N4O2/c1-15(2)12-21(29)28-9-3-8-27(10-11-28)20-7-5-17(14-25-20)26-22(30)18-6-4-16(23)13-19(18)24/h4-7,13-15H,3,8-12H2,1-2H3,(H,26,30). The summed E-state index contributed by atoms with van der Waals surface area (Å²) >= 11 is 0. The Kier molecular flexibility index (Phi) is 6.97. The average molecular weight is 416 g/mol. The molecule has 6 nitrogen and oxygen atoms in total. The Balaban J connectivity index is 1.60. The SMILES string of the molecule is CC(C)CC(=O)N1CCCN(c2ccc(NC(=O)c3ccc(F)cc3F)cn2)CC1. The van der Waals surface area contributed by atoms with Crippen LogP contribution in [0.4, 0.5) is 20.3 Å². The number of benzene rings is 1. The maximum atomic E-state index is 13.8. The van der Waals surface area contributed by atoms with Gasteiger partial charge in [-0.1, -0.05) is 13.8 Å². The van der Waals surface area contributed by atoms with Gasteiger partial charge in [-0.15, -0.1) is 0 Å². The lowest BCUT2D eigenvalue weighted by atomic mass is 10.1. The van der Waals surface area contributed by atoms with Gasteiger partial charge in [0.1, 0.15) is 17.5 Å². The van der Waals surface area contributed by atoms with E-state index in [2.05, 4.69) is 15.2 Å². The van der Waals surface area contributed by atoms with Crippen molar-refractivity contribution in [2.24, 2.45) is 5.92 Å². The summed E-state index contributed by atoms with van der Waals surface area (Å²) in [5.41, 5.74) is 0.176. The third kappa shape index (κ3) is 5.52. The van der Waals surface area contributed by atoms with Crippen molar-refractivity contribution >= 4 is 23.3 Å². The summed E-state index contributed by atoms with van der Waals surface area (Å²) < 4.78 is 26.8. The molecule has 1 aromatic heterocycles. The van der Waals surface area contributed by atoms with Crippen LogP contribution in [-0.2, 0) is 4.79 Å². The van der Waals surface area contributed by atoms with Crippen LogP contribution in [0.3, 0.4) is 0 Å². The van der Waals surface area contributed by atoms with E-state index in [-0.39, 0.29) is 11.5 Å². The molecule has 1 N–H and O–H groups in total. The highest BCUT2D eigenvalue weighted by atomic mass is 19.1. The van der Waals surface area contributed by atoms with E-state index in [1.165, 1.54) is 6.20 Å². The first-order valence-corrected chi connectivity index (χ1v) is 10.1. The molecular weight excluding hydrogens is 390 g/mol. The number of hydrogen-bond acceptors (Lipinski definition) is 4. The van der Waals surface area contributed by atoms with E-state index >= 15 is 0 Å². The minimum atomic E-state index is -0.918. The summed E-state index contributed by atoms with van der Waals surface area (Å²) in [6.45, 7) is 6.93. The number of aromatic nitrogens is 1. The fourth-order valence-electron chi connectivity index (χ4n) is 3.39. The largest absolute Gasteiger partial charge is 0.355 e. The third-order valence-corrected chi connectivity index (χ3v) is 4.94. The molecule has 2 amide bonds. The van der Waals surface area contributed by atoms with Crippen molar-refractivity contribution in [3.05, 3.63) is 53.7 Å². The van der Waals surface area contributed by atoms with Gasteiger partial charge >= 0.3 is 0 Å². The zero-order valence-electron chi connectivity index (χ0n) is 17.2. The lowest BCUT2D eigenvalue weighted by molar-refractivity contribution is -0.131. The molecule has 1 aliphatic rings. The topological polar surface area (TPSA) is 65.5 Å². The summed E-state index contributed by atoms with van der Waals surface area (Å²) in [7, 11) is 0. The fourth-order valence-corrected chi connectivity index (χ4v) is 3.39. The molecule has 1 fully saturated rings. The number of nitrogens with zero attached hydrogens (tertiary/aromatic N) is 3. The van der Waals surface area contributed by atoms with Crippen molar-refractivity contribution < 1.29 is 18.4 Å². The van der Waals surface area contributed by atoms with Gasteiger partial charge in [0.2, 0.25) is 5.91 Å². The fraction of sp³-hybridized carbons (Fsp3) is 0.409. The molecule has 0 bridgehead atoms. The molecule has 8 heteroatoms. The zero-order valence-corrected chi connectivity index (χ0v) is 17.2. The predicted octanol–water partition coefficient (Wildman–Crippen LogP) is 3.70. The highest BCUT2D eigenvalue weighted by Gasteiger charge is 2.20. The number of halogens is 2. The predicted molar refractivity (Wildman–Crippen MR) is 111 cm³/mol. The first kappa shape index (κ1) is 21.7. The van der Waals surface area contributed by atoms with E-state index in [1.54, 1.807) is 12.1 Å². The number of nitrogens with one attached hydrogen (secondary N) is 1. The summed E-state index contributed by atoms with van der Waals surface area (Å²) in [4.78, 5) is 32.9. The van der Waals surface area contributed by atoms with Gasteiger partial charge in [-0.3, -0.25) is 9.59 Å². The lowest BCUT2D eigenvalue weighted by Gasteiger charge is -2.23. The molecular formula is C22H26F2N4O2. The summed E-state index contributed by atoms with van der Waals surface area (Å²) in [6, 6.07) is 6.28. The number of amides is 2. The maximum Gasteiger partial charge on any atom is 0.258 e.